The van der Waals surface area contributed by atoms with Gasteiger partial charge in [0.2, 0.25) is 0 Å². The molecule has 0 spiro atoms. The van der Waals surface area contributed by atoms with E-state index in [2.05, 4.69) is 5.32 Å². The van der Waals surface area contributed by atoms with Crippen molar-refractivity contribution < 1.29 is 4.74 Å². The number of aryl methyl sites for hydroxylation is 1. The van der Waals surface area contributed by atoms with Crippen LogP contribution in [0.1, 0.15) is 5.56 Å². The number of rotatable bonds is 0. The van der Waals surface area contributed by atoms with Gasteiger partial charge in [0.15, 0.2) is 5.75 Å². The summed E-state index contributed by atoms with van der Waals surface area (Å²) in [5, 5.41) is 3.93. The van der Waals surface area contributed by atoms with E-state index >= 15 is 0 Å². The molecule has 64 valence electrons. The highest BCUT2D eigenvalue weighted by Gasteiger charge is 2.13. The Hall–Kier alpha value is -0.890. The van der Waals surface area contributed by atoms with E-state index in [-0.39, 0.29) is 0 Å². The topological polar surface area (TPSA) is 21.3 Å². The number of anilines is 1. The average Bonchev–Trinajstić information content (AvgIpc) is 2.04. The Morgan fingerprint density at radius 1 is 1.50 bits per heavy atom. The van der Waals surface area contributed by atoms with Crippen molar-refractivity contribution in [2.45, 2.75) is 6.92 Å². The fraction of sp³-hybridized carbons (Fsp3) is 0.333. The van der Waals surface area contributed by atoms with Crippen molar-refractivity contribution in [1.29, 1.82) is 0 Å². The molecule has 2 nitrogen and oxygen atoms in total. The number of halogens is 1. The van der Waals surface area contributed by atoms with Crippen molar-refractivity contribution in [3.63, 3.8) is 0 Å². The van der Waals surface area contributed by atoms with Gasteiger partial charge >= 0.3 is 0 Å². The lowest BCUT2D eigenvalue weighted by Gasteiger charge is -2.20. The number of fused-ring (bicyclic) bond motifs is 1. The molecule has 0 unspecified atom stereocenters. The van der Waals surface area contributed by atoms with Crippen molar-refractivity contribution in [1.82, 2.24) is 0 Å². The Kier molecular flexibility index (Phi) is 1.85. The van der Waals surface area contributed by atoms with Crippen LogP contribution in [0.2, 0.25) is 5.02 Å². The van der Waals surface area contributed by atoms with Crippen LogP contribution in [0.5, 0.6) is 5.75 Å². The summed E-state index contributed by atoms with van der Waals surface area (Å²) in [6, 6.07) is 3.95. The van der Waals surface area contributed by atoms with E-state index in [0.29, 0.717) is 11.6 Å². The summed E-state index contributed by atoms with van der Waals surface area (Å²) >= 11 is 5.98. The predicted octanol–water partition coefficient (Wildman–Crippen LogP) is 2.45. The summed E-state index contributed by atoms with van der Waals surface area (Å²) < 4.78 is 5.41. The van der Waals surface area contributed by atoms with Crippen LogP contribution < -0.4 is 10.1 Å². The molecule has 3 heteroatoms. The molecule has 1 N–H and O–H groups in total. The van der Waals surface area contributed by atoms with Crippen molar-refractivity contribution in [2.75, 3.05) is 18.5 Å². The first-order valence-corrected chi connectivity index (χ1v) is 4.32. The molecule has 12 heavy (non-hydrogen) atoms. The minimum Gasteiger partial charge on any atom is -0.488 e. The zero-order valence-electron chi connectivity index (χ0n) is 6.86. The molecule has 0 saturated carbocycles. The van der Waals surface area contributed by atoms with Crippen LogP contribution in [-0.2, 0) is 0 Å². The van der Waals surface area contributed by atoms with Gasteiger partial charge in [-0.1, -0.05) is 11.6 Å². The summed E-state index contributed by atoms with van der Waals surface area (Å²) in [4.78, 5) is 0. The second kappa shape index (κ2) is 2.87. The summed E-state index contributed by atoms with van der Waals surface area (Å²) in [6.45, 7) is 3.56. The van der Waals surface area contributed by atoms with Crippen molar-refractivity contribution in [2.24, 2.45) is 0 Å². The molecule has 0 fully saturated rings. The van der Waals surface area contributed by atoms with Gasteiger partial charge < -0.3 is 10.1 Å². The molecular weight excluding hydrogens is 174 g/mol. The number of hydrogen-bond acceptors (Lipinski definition) is 2. The van der Waals surface area contributed by atoms with Gasteiger partial charge in [0.1, 0.15) is 6.61 Å². The van der Waals surface area contributed by atoms with E-state index in [1.54, 1.807) is 0 Å². The molecule has 0 aromatic heterocycles. The first-order valence-electron chi connectivity index (χ1n) is 3.94. The summed E-state index contributed by atoms with van der Waals surface area (Å²) in [7, 11) is 0. The lowest BCUT2D eigenvalue weighted by Crippen LogP contribution is -2.18. The van der Waals surface area contributed by atoms with E-state index in [0.717, 1.165) is 23.5 Å². The number of hydrogen-bond donors (Lipinski definition) is 1. The molecule has 0 amide bonds. The number of benzene rings is 1. The summed E-state index contributed by atoms with van der Waals surface area (Å²) in [5.74, 6) is 0.786. The molecule has 1 heterocycles. The van der Waals surface area contributed by atoms with Gasteiger partial charge in [-0.25, -0.2) is 0 Å². The van der Waals surface area contributed by atoms with Crippen molar-refractivity contribution in [3.05, 3.63) is 22.7 Å². The van der Waals surface area contributed by atoms with Crippen LogP contribution in [0.3, 0.4) is 0 Å². The largest absolute Gasteiger partial charge is 0.488 e. The monoisotopic (exact) mass is 183 g/mol. The Balaban J connectivity index is 2.53. The Bertz CT molecular complexity index is 312. The molecule has 1 aromatic rings. The van der Waals surface area contributed by atoms with Crippen molar-refractivity contribution in [3.8, 4) is 5.75 Å². The SMILES string of the molecule is Cc1cc(Cl)c2c(c1)NCCO2. The maximum atomic E-state index is 5.98. The third-order valence-electron chi connectivity index (χ3n) is 1.85. The number of nitrogens with one attached hydrogen (secondary N) is 1. The fourth-order valence-corrected chi connectivity index (χ4v) is 1.67. The van der Waals surface area contributed by atoms with E-state index in [9.17, 15) is 0 Å². The maximum absolute atomic E-state index is 5.98. The smallest absolute Gasteiger partial charge is 0.161 e. The molecule has 0 bridgehead atoms. The van der Waals surface area contributed by atoms with Gasteiger partial charge in [0.05, 0.1) is 10.7 Å². The quantitative estimate of drug-likeness (QED) is 0.667. The first-order chi connectivity index (χ1) is 5.77. The van der Waals surface area contributed by atoms with Gasteiger partial charge in [0.25, 0.3) is 0 Å². The van der Waals surface area contributed by atoms with E-state index in [1.165, 1.54) is 0 Å². The molecule has 0 radical (unpaired) electrons. The third-order valence-corrected chi connectivity index (χ3v) is 2.13. The fourth-order valence-electron chi connectivity index (χ4n) is 1.35. The van der Waals surface area contributed by atoms with Crippen LogP contribution in [0.15, 0.2) is 12.1 Å². The first kappa shape index (κ1) is 7.74. The zero-order chi connectivity index (χ0) is 8.55. The third kappa shape index (κ3) is 1.23. The highest BCUT2D eigenvalue weighted by atomic mass is 35.5. The summed E-state index contributed by atoms with van der Waals surface area (Å²) in [5.41, 5.74) is 2.16. The minimum atomic E-state index is 0.690. The van der Waals surface area contributed by atoms with Crippen molar-refractivity contribution >= 4 is 17.3 Å². The van der Waals surface area contributed by atoms with Crippen LogP contribution in [0, 0.1) is 6.92 Å². The van der Waals surface area contributed by atoms with Crippen LogP contribution in [0.4, 0.5) is 5.69 Å². The van der Waals surface area contributed by atoms with Crippen LogP contribution in [0.25, 0.3) is 0 Å². The molecule has 1 aromatic carbocycles. The minimum absolute atomic E-state index is 0.690. The highest BCUT2D eigenvalue weighted by molar-refractivity contribution is 6.32. The van der Waals surface area contributed by atoms with Crippen LogP contribution >= 0.6 is 11.6 Å². The van der Waals surface area contributed by atoms with E-state index in [1.807, 2.05) is 19.1 Å². The Morgan fingerprint density at radius 2 is 2.33 bits per heavy atom. The van der Waals surface area contributed by atoms with Crippen LogP contribution in [-0.4, -0.2) is 13.2 Å². The number of ether oxygens (including phenoxy) is 1. The van der Waals surface area contributed by atoms with Gasteiger partial charge in [-0.15, -0.1) is 0 Å². The maximum Gasteiger partial charge on any atom is 0.161 e. The molecule has 0 saturated heterocycles. The lowest BCUT2D eigenvalue weighted by atomic mass is 10.2. The highest BCUT2D eigenvalue weighted by Crippen LogP contribution is 2.35. The van der Waals surface area contributed by atoms with Gasteiger partial charge in [-0.3, -0.25) is 0 Å². The molecular formula is C9H10ClNO. The molecule has 0 aliphatic carbocycles. The van der Waals surface area contributed by atoms with Gasteiger partial charge in [-0.05, 0) is 24.6 Å². The molecule has 1 aliphatic rings. The molecule has 0 atom stereocenters. The molecule has 2 rings (SSSR count). The standard InChI is InChI=1S/C9H10ClNO/c1-6-4-7(10)9-8(5-6)11-2-3-12-9/h4-5,11H,2-3H2,1H3. The average molecular weight is 184 g/mol. The normalized spacial score (nSPS) is 14.5. The second-order valence-electron chi connectivity index (χ2n) is 2.90. The van der Waals surface area contributed by atoms with E-state index < -0.39 is 0 Å². The molecule has 1 aliphatic heterocycles. The second-order valence-corrected chi connectivity index (χ2v) is 3.31. The van der Waals surface area contributed by atoms with E-state index in [4.69, 9.17) is 16.3 Å². The zero-order valence-corrected chi connectivity index (χ0v) is 7.61. The lowest BCUT2D eigenvalue weighted by molar-refractivity contribution is 0.323. The summed E-state index contributed by atoms with van der Waals surface area (Å²) in [6.07, 6.45) is 0. The van der Waals surface area contributed by atoms with Gasteiger partial charge in [-0.2, -0.15) is 0 Å². The van der Waals surface area contributed by atoms with Gasteiger partial charge in [0, 0.05) is 6.54 Å². The Morgan fingerprint density at radius 3 is 3.17 bits per heavy atom. The predicted molar refractivity (Wildman–Crippen MR) is 50.2 cm³/mol. The Labute approximate surface area is 76.5 Å².